The summed E-state index contributed by atoms with van der Waals surface area (Å²) in [6.07, 6.45) is 0.0995. The highest BCUT2D eigenvalue weighted by molar-refractivity contribution is 7.99. The first-order valence-electron chi connectivity index (χ1n) is 8.38. The third-order valence-corrected chi connectivity index (χ3v) is 4.92. The molecule has 3 heterocycles. The first-order valence-corrected chi connectivity index (χ1v) is 9.36. The Morgan fingerprint density at radius 1 is 1.19 bits per heavy atom. The number of benzene rings is 1. The molecule has 138 valence electrons. The minimum Gasteiger partial charge on any atom is -0.454 e. The van der Waals surface area contributed by atoms with E-state index in [1.54, 1.807) is 12.1 Å². The Balaban J connectivity index is 1.37. The number of morpholine rings is 1. The van der Waals surface area contributed by atoms with Crippen molar-refractivity contribution in [3.05, 3.63) is 18.2 Å². The van der Waals surface area contributed by atoms with Crippen molar-refractivity contribution in [2.24, 2.45) is 0 Å². The molecule has 1 saturated heterocycles. The van der Waals surface area contributed by atoms with Gasteiger partial charge < -0.3 is 23.5 Å². The maximum Gasteiger partial charge on any atom is 0.277 e. The van der Waals surface area contributed by atoms with Crippen molar-refractivity contribution in [1.29, 1.82) is 0 Å². The van der Waals surface area contributed by atoms with Gasteiger partial charge in [-0.25, -0.2) is 0 Å². The van der Waals surface area contributed by atoms with Crippen molar-refractivity contribution < 1.29 is 23.4 Å². The molecular formula is C17H19N3O5S. The summed E-state index contributed by atoms with van der Waals surface area (Å²) in [6, 6.07) is 5.43. The van der Waals surface area contributed by atoms with Crippen LogP contribution in [0.2, 0.25) is 0 Å². The summed E-state index contributed by atoms with van der Waals surface area (Å²) >= 11 is 1.24. The Labute approximate surface area is 154 Å². The number of hydrogen-bond acceptors (Lipinski definition) is 8. The zero-order valence-corrected chi connectivity index (χ0v) is 15.3. The molecule has 0 N–H and O–H groups in total. The van der Waals surface area contributed by atoms with Crippen LogP contribution in [0.25, 0.3) is 11.5 Å². The van der Waals surface area contributed by atoms with Gasteiger partial charge >= 0.3 is 0 Å². The minimum absolute atomic E-state index is 0.0415. The molecule has 2 aliphatic rings. The van der Waals surface area contributed by atoms with Crippen LogP contribution in [-0.2, 0) is 9.53 Å². The highest BCUT2D eigenvalue weighted by Gasteiger charge is 2.26. The molecule has 9 heteroatoms. The maximum atomic E-state index is 12.4. The molecule has 0 radical (unpaired) electrons. The van der Waals surface area contributed by atoms with Gasteiger partial charge in [-0.15, -0.1) is 10.2 Å². The molecule has 0 bridgehead atoms. The fraction of sp³-hybridized carbons (Fsp3) is 0.471. The largest absolute Gasteiger partial charge is 0.454 e. The lowest BCUT2D eigenvalue weighted by atomic mass is 10.2. The molecule has 1 amide bonds. The van der Waals surface area contributed by atoms with Gasteiger partial charge in [-0.1, -0.05) is 11.8 Å². The maximum absolute atomic E-state index is 12.4. The smallest absolute Gasteiger partial charge is 0.277 e. The number of thioether (sulfide) groups is 1. The minimum atomic E-state index is 0.0415. The van der Waals surface area contributed by atoms with Crippen molar-refractivity contribution in [3.63, 3.8) is 0 Å². The molecule has 0 unspecified atom stereocenters. The number of nitrogens with zero attached hydrogens (tertiary/aromatic N) is 3. The van der Waals surface area contributed by atoms with Gasteiger partial charge in [0.1, 0.15) is 0 Å². The van der Waals surface area contributed by atoms with E-state index in [0.29, 0.717) is 35.7 Å². The van der Waals surface area contributed by atoms with Gasteiger partial charge in [0.25, 0.3) is 5.22 Å². The number of rotatable bonds is 4. The van der Waals surface area contributed by atoms with E-state index >= 15 is 0 Å². The molecule has 1 aromatic heterocycles. The van der Waals surface area contributed by atoms with Gasteiger partial charge in [0.2, 0.25) is 18.6 Å². The second kappa shape index (κ2) is 7.16. The van der Waals surface area contributed by atoms with E-state index in [1.807, 2.05) is 24.8 Å². The van der Waals surface area contributed by atoms with Crippen molar-refractivity contribution in [1.82, 2.24) is 15.1 Å². The fourth-order valence-corrected chi connectivity index (χ4v) is 3.68. The van der Waals surface area contributed by atoms with Crippen LogP contribution < -0.4 is 9.47 Å². The van der Waals surface area contributed by atoms with E-state index in [-0.39, 0.29) is 30.7 Å². The second-order valence-electron chi connectivity index (χ2n) is 6.29. The van der Waals surface area contributed by atoms with Crippen LogP contribution in [0.5, 0.6) is 11.5 Å². The van der Waals surface area contributed by atoms with Crippen molar-refractivity contribution >= 4 is 17.7 Å². The number of carbonyl (C=O) groups is 1. The highest BCUT2D eigenvalue weighted by Crippen LogP contribution is 2.36. The molecule has 8 nitrogen and oxygen atoms in total. The normalized spacial score (nSPS) is 21.8. The van der Waals surface area contributed by atoms with Gasteiger partial charge in [0.15, 0.2) is 11.5 Å². The molecular weight excluding hydrogens is 358 g/mol. The van der Waals surface area contributed by atoms with E-state index < -0.39 is 0 Å². The summed E-state index contributed by atoms with van der Waals surface area (Å²) in [6.45, 7) is 5.37. The third kappa shape index (κ3) is 3.63. The zero-order chi connectivity index (χ0) is 18.1. The van der Waals surface area contributed by atoms with Crippen LogP contribution in [0.15, 0.2) is 27.8 Å². The van der Waals surface area contributed by atoms with E-state index in [4.69, 9.17) is 18.6 Å². The average Bonchev–Trinajstić information content (AvgIpc) is 3.27. The van der Waals surface area contributed by atoms with Crippen molar-refractivity contribution in [3.8, 4) is 23.0 Å². The van der Waals surface area contributed by atoms with Crippen LogP contribution in [0.1, 0.15) is 13.8 Å². The highest BCUT2D eigenvalue weighted by atomic mass is 32.2. The quantitative estimate of drug-likeness (QED) is 0.750. The van der Waals surface area contributed by atoms with Gasteiger partial charge in [0, 0.05) is 18.7 Å². The number of amides is 1. The Bertz CT molecular complexity index is 801. The first-order chi connectivity index (χ1) is 12.6. The zero-order valence-electron chi connectivity index (χ0n) is 14.5. The van der Waals surface area contributed by atoms with E-state index in [9.17, 15) is 4.79 Å². The third-order valence-electron chi connectivity index (χ3n) is 4.12. The SMILES string of the molecule is C[C@H]1CN(C(=O)CSc2nnc(-c3ccc4c(c3)OCO4)o2)C[C@H](C)O1. The molecule has 0 spiro atoms. The lowest BCUT2D eigenvalue weighted by Crippen LogP contribution is -2.48. The Morgan fingerprint density at radius 2 is 1.96 bits per heavy atom. The molecule has 2 aliphatic heterocycles. The summed E-state index contributed by atoms with van der Waals surface area (Å²) in [5.41, 5.74) is 0.746. The molecule has 26 heavy (non-hydrogen) atoms. The van der Waals surface area contributed by atoms with Crippen LogP contribution in [-0.4, -0.2) is 58.8 Å². The van der Waals surface area contributed by atoms with E-state index in [1.165, 1.54) is 11.8 Å². The van der Waals surface area contributed by atoms with Crippen LogP contribution >= 0.6 is 11.8 Å². The van der Waals surface area contributed by atoms with Crippen LogP contribution in [0, 0.1) is 0 Å². The molecule has 0 saturated carbocycles. The number of carbonyl (C=O) groups excluding carboxylic acids is 1. The van der Waals surface area contributed by atoms with E-state index in [2.05, 4.69) is 10.2 Å². The Hall–Kier alpha value is -2.26. The summed E-state index contributed by atoms with van der Waals surface area (Å²) in [4.78, 5) is 14.2. The molecule has 1 aromatic carbocycles. The predicted molar refractivity (Wildman–Crippen MR) is 93.2 cm³/mol. The molecule has 1 fully saturated rings. The number of ether oxygens (including phenoxy) is 3. The lowest BCUT2D eigenvalue weighted by molar-refractivity contribution is -0.140. The summed E-state index contributed by atoms with van der Waals surface area (Å²) in [5, 5.41) is 8.42. The van der Waals surface area contributed by atoms with Crippen molar-refractivity contribution in [2.45, 2.75) is 31.3 Å². The molecule has 4 rings (SSSR count). The van der Waals surface area contributed by atoms with Crippen molar-refractivity contribution in [2.75, 3.05) is 25.6 Å². The Kier molecular flexibility index (Phi) is 4.73. The number of fused-ring (bicyclic) bond motifs is 1. The van der Waals surface area contributed by atoms with E-state index in [0.717, 1.165) is 5.56 Å². The topological polar surface area (TPSA) is 86.9 Å². The van der Waals surface area contributed by atoms with Gasteiger partial charge in [-0.2, -0.15) is 0 Å². The second-order valence-corrected chi connectivity index (χ2v) is 7.21. The summed E-state index contributed by atoms with van der Waals surface area (Å²) in [7, 11) is 0. The standard InChI is InChI=1S/C17H19N3O5S/c1-10-6-20(7-11(2)24-10)15(21)8-26-17-19-18-16(25-17)12-3-4-13-14(5-12)23-9-22-13/h3-5,10-11H,6-9H2,1-2H3/t10-,11-/m0/s1. The summed E-state index contributed by atoms with van der Waals surface area (Å²) < 4.78 is 22.0. The van der Waals surface area contributed by atoms with Gasteiger partial charge in [-0.3, -0.25) is 4.79 Å². The number of hydrogen-bond donors (Lipinski definition) is 0. The van der Waals surface area contributed by atoms with Crippen LogP contribution in [0.3, 0.4) is 0 Å². The monoisotopic (exact) mass is 377 g/mol. The predicted octanol–water partition coefficient (Wildman–Crippen LogP) is 2.19. The summed E-state index contributed by atoms with van der Waals surface area (Å²) in [5.74, 6) is 2.03. The molecule has 0 aliphatic carbocycles. The Morgan fingerprint density at radius 3 is 2.77 bits per heavy atom. The van der Waals surface area contributed by atoms with Crippen LogP contribution in [0.4, 0.5) is 0 Å². The fourth-order valence-electron chi connectivity index (χ4n) is 3.01. The molecule has 2 aromatic rings. The van der Waals surface area contributed by atoms with Gasteiger partial charge in [-0.05, 0) is 32.0 Å². The molecule has 2 atom stereocenters. The first kappa shape index (κ1) is 17.2. The lowest BCUT2D eigenvalue weighted by Gasteiger charge is -2.35. The number of aromatic nitrogens is 2. The van der Waals surface area contributed by atoms with Gasteiger partial charge in [0.05, 0.1) is 18.0 Å². The average molecular weight is 377 g/mol.